The van der Waals surface area contributed by atoms with Gasteiger partial charge in [-0.3, -0.25) is 5.41 Å². The minimum atomic E-state index is -0.0941. The lowest BCUT2D eigenvalue weighted by Crippen LogP contribution is -2.13. The summed E-state index contributed by atoms with van der Waals surface area (Å²) in [5.41, 5.74) is 6.79. The van der Waals surface area contributed by atoms with Crippen LogP contribution in [0.25, 0.3) is 0 Å². The van der Waals surface area contributed by atoms with Crippen molar-refractivity contribution in [1.29, 1.82) is 5.41 Å². The number of rotatable bonds is 5. The molecule has 2 rings (SSSR count). The van der Waals surface area contributed by atoms with Crippen molar-refractivity contribution in [3.63, 3.8) is 0 Å². The first-order valence-corrected chi connectivity index (χ1v) is 6.94. The number of methoxy groups -OCH3 is 1. The highest BCUT2D eigenvalue weighted by Crippen LogP contribution is 2.35. The van der Waals surface area contributed by atoms with Crippen LogP contribution in [-0.4, -0.2) is 18.1 Å². The average molecular weight is 351 g/mol. The number of halogens is 1. The molecule has 0 amide bonds. The summed E-state index contributed by atoms with van der Waals surface area (Å²) in [5.74, 6) is 1.33. The second kappa shape index (κ2) is 6.60. The Morgan fingerprint density at radius 1 is 1.24 bits per heavy atom. The van der Waals surface area contributed by atoms with Crippen molar-refractivity contribution in [2.24, 2.45) is 5.73 Å². The molecule has 6 heteroatoms. The molecule has 0 radical (unpaired) electrons. The maximum absolute atomic E-state index is 9.14. The summed E-state index contributed by atoms with van der Waals surface area (Å²) in [4.78, 5) is 0. The van der Waals surface area contributed by atoms with E-state index in [1.165, 1.54) is 7.11 Å². The molecule has 0 atom stereocenters. The molecule has 0 aliphatic rings. The number of benzene rings is 2. The van der Waals surface area contributed by atoms with E-state index in [1.54, 1.807) is 36.4 Å². The van der Waals surface area contributed by atoms with E-state index in [1.807, 2.05) is 0 Å². The summed E-state index contributed by atoms with van der Waals surface area (Å²) in [6, 6.07) is 10.4. The molecule has 0 fully saturated rings. The highest BCUT2D eigenvalue weighted by molar-refractivity contribution is 9.10. The van der Waals surface area contributed by atoms with Gasteiger partial charge in [-0.25, -0.2) is 0 Å². The van der Waals surface area contributed by atoms with Gasteiger partial charge in [0.1, 0.15) is 11.6 Å². The van der Waals surface area contributed by atoms with Crippen molar-refractivity contribution < 1.29 is 14.6 Å². The van der Waals surface area contributed by atoms with Gasteiger partial charge in [0, 0.05) is 4.47 Å². The number of nitrogens with two attached hydrogens (primary N) is 1. The number of nitrogen functional groups attached to an aromatic ring is 1. The molecule has 0 aromatic heterocycles. The third-order valence-corrected chi connectivity index (χ3v) is 3.54. The molecule has 2 aromatic carbocycles. The highest BCUT2D eigenvalue weighted by atomic mass is 79.9. The summed E-state index contributed by atoms with van der Waals surface area (Å²) in [5, 5.41) is 16.8. The van der Waals surface area contributed by atoms with Crippen LogP contribution in [0.1, 0.15) is 11.1 Å². The van der Waals surface area contributed by atoms with Crippen LogP contribution in [0, 0.1) is 5.41 Å². The van der Waals surface area contributed by atoms with Crippen molar-refractivity contribution in [2.75, 3.05) is 7.11 Å². The van der Waals surface area contributed by atoms with E-state index < -0.39 is 0 Å². The Kier molecular flexibility index (Phi) is 4.82. The molecular formula is C15H15BrN2O3. The van der Waals surface area contributed by atoms with Gasteiger partial charge in [-0.15, -0.1) is 0 Å². The van der Waals surface area contributed by atoms with Crippen LogP contribution in [-0.2, 0) is 6.61 Å². The van der Waals surface area contributed by atoms with Crippen LogP contribution in [0.4, 0.5) is 0 Å². The normalized spacial score (nSPS) is 10.2. The number of hydrogen-bond donors (Lipinski definition) is 3. The van der Waals surface area contributed by atoms with Crippen molar-refractivity contribution in [2.45, 2.75) is 6.61 Å². The molecule has 4 N–H and O–H groups in total. The SMILES string of the molecule is COc1cc(CO)ccc1Oc1cccc(Br)c1C(=N)N. The van der Waals surface area contributed by atoms with Crippen LogP contribution in [0.3, 0.4) is 0 Å². The van der Waals surface area contributed by atoms with E-state index >= 15 is 0 Å². The van der Waals surface area contributed by atoms with Gasteiger partial charge in [0.15, 0.2) is 11.5 Å². The fraction of sp³-hybridized carbons (Fsp3) is 0.133. The molecule has 0 heterocycles. The topological polar surface area (TPSA) is 88.6 Å². The quantitative estimate of drug-likeness (QED) is 0.571. The van der Waals surface area contributed by atoms with E-state index in [4.69, 9.17) is 25.7 Å². The lowest BCUT2D eigenvalue weighted by atomic mass is 10.1. The Morgan fingerprint density at radius 3 is 2.62 bits per heavy atom. The van der Waals surface area contributed by atoms with Crippen LogP contribution in [0.15, 0.2) is 40.9 Å². The van der Waals surface area contributed by atoms with Gasteiger partial charge in [0.2, 0.25) is 0 Å². The Hall–Kier alpha value is -2.05. The van der Waals surface area contributed by atoms with Gasteiger partial charge >= 0.3 is 0 Å². The molecule has 2 aromatic rings. The van der Waals surface area contributed by atoms with Crippen LogP contribution in [0.2, 0.25) is 0 Å². The average Bonchev–Trinajstić information content (AvgIpc) is 2.47. The van der Waals surface area contributed by atoms with E-state index in [2.05, 4.69) is 15.9 Å². The van der Waals surface area contributed by atoms with Gasteiger partial charge in [-0.05, 0) is 45.8 Å². The first-order chi connectivity index (χ1) is 10.1. The van der Waals surface area contributed by atoms with Crippen LogP contribution >= 0.6 is 15.9 Å². The van der Waals surface area contributed by atoms with Gasteiger partial charge in [0.25, 0.3) is 0 Å². The molecule has 21 heavy (non-hydrogen) atoms. The van der Waals surface area contributed by atoms with E-state index in [0.717, 1.165) is 5.56 Å². The monoisotopic (exact) mass is 350 g/mol. The van der Waals surface area contributed by atoms with Gasteiger partial charge in [0.05, 0.1) is 19.3 Å². The second-order valence-corrected chi connectivity index (χ2v) is 5.13. The Balaban J connectivity index is 2.43. The van der Waals surface area contributed by atoms with Crippen molar-refractivity contribution in [3.8, 4) is 17.2 Å². The number of ether oxygens (including phenoxy) is 2. The highest BCUT2D eigenvalue weighted by Gasteiger charge is 2.14. The number of aliphatic hydroxyl groups is 1. The molecule has 0 aliphatic carbocycles. The fourth-order valence-corrected chi connectivity index (χ4v) is 2.43. The minimum absolute atomic E-state index is 0.0772. The standard InChI is InChI=1S/C15H15BrN2O3/c1-20-13-7-9(8-19)5-6-11(13)21-12-4-2-3-10(16)14(12)15(17)18/h2-7,19H,8H2,1H3,(H3,17,18). The summed E-state index contributed by atoms with van der Waals surface area (Å²) >= 11 is 3.35. The largest absolute Gasteiger partial charge is 0.493 e. The third kappa shape index (κ3) is 3.34. The lowest BCUT2D eigenvalue weighted by Gasteiger charge is -2.14. The van der Waals surface area contributed by atoms with Crippen LogP contribution < -0.4 is 15.2 Å². The van der Waals surface area contributed by atoms with Crippen molar-refractivity contribution >= 4 is 21.8 Å². The zero-order valence-electron chi connectivity index (χ0n) is 11.4. The molecule has 0 spiro atoms. The predicted octanol–water partition coefficient (Wildman–Crippen LogP) is 3.03. The first-order valence-electron chi connectivity index (χ1n) is 6.15. The Morgan fingerprint density at radius 2 is 2.00 bits per heavy atom. The first kappa shape index (κ1) is 15.3. The molecule has 110 valence electrons. The molecule has 0 bridgehead atoms. The summed E-state index contributed by atoms with van der Waals surface area (Å²) in [6.07, 6.45) is 0. The Bertz CT molecular complexity index is 674. The number of aliphatic hydroxyl groups excluding tert-OH is 1. The zero-order chi connectivity index (χ0) is 15.4. The molecular weight excluding hydrogens is 336 g/mol. The zero-order valence-corrected chi connectivity index (χ0v) is 13.0. The van der Waals surface area contributed by atoms with Gasteiger partial charge in [-0.1, -0.05) is 12.1 Å². The predicted molar refractivity (Wildman–Crippen MR) is 84.1 cm³/mol. The lowest BCUT2D eigenvalue weighted by molar-refractivity contribution is 0.280. The van der Waals surface area contributed by atoms with E-state index in [9.17, 15) is 0 Å². The third-order valence-electron chi connectivity index (χ3n) is 2.88. The van der Waals surface area contributed by atoms with Crippen molar-refractivity contribution in [3.05, 3.63) is 52.0 Å². The summed E-state index contributed by atoms with van der Waals surface area (Å²) < 4.78 is 11.8. The van der Waals surface area contributed by atoms with Crippen molar-refractivity contribution in [1.82, 2.24) is 0 Å². The molecule has 0 aliphatic heterocycles. The fourth-order valence-electron chi connectivity index (χ4n) is 1.86. The Labute approximate surface area is 130 Å². The number of hydrogen-bond acceptors (Lipinski definition) is 4. The maximum atomic E-state index is 9.14. The molecule has 0 saturated carbocycles. The minimum Gasteiger partial charge on any atom is -0.493 e. The number of nitrogens with one attached hydrogen (secondary N) is 1. The van der Waals surface area contributed by atoms with Gasteiger partial charge in [-0.2, -0.15) is 0 Å². The smallest absolute Gasteiger partial charge is 0.169 e. The second-order valence-electron chi connectivity index (χ2n) is 4.27. The van der Waals surface area contributed by atoms with Gasteiger partial charge < -0.3 is 20.3 Å². The molecule has 5 nitrogen and oxygen atoms in total. The van der Waals surface area contributed by atoms with E-state index in [0.29, 0.717) is 27.3 Å². The van der Waals surface area contributed by atoms with Crippen LogP contribution in [0.5, 0.6) is 17.2 Å². The maximum Gasteiger partial charge on any atom is 0.169 e. The molecule has 0 saturated heterocycles. The van der Waals surface area contributed by atoms with E-state index in [-0.39, 0.29) is 12.4 Å². The summed E-state index contributed by atoms with van der Waals surface area (Å²) in [6.45, 7) is -0.0772. The summed E-state index contributed by atoms with van der Waals surface area (Å²) in [7, 11) is 1.52. The molecule has 0 unspecified atom stereocenters. The number of amidine groups is 1.